The van der Waals surface area contributed by atoms with Gasteiger partial charge in [-0.1, -0.05) is 0 Å². The monoisotopic (exact) mass is 531 g/mol. The summed E-state index contributed by atoms with van der Waals surface area (Å²) in [7, 11) is 1.61. The van der Waals surface area contributed by atoms with Crippen LogP contribution in [-0.2, 0) is 56.9 Å². The van der Waals surface area contributed by atoms with Crippen LogP contribution < -0.4 is 4.90 Å². The first-order valence-electron chi connectivity index (χ1n) is 9.80. The zero-order chi connectivity index (χ0) is 28.9. The SMILES string of the molecule is CO[C](=[Cr])C#Cc1ccccc1N(Cc1ccccc1)Cc1ccccc1.[C-]#[O+].[C-]#[O+].[C-]#[O+].[C-]#[O+].[C-]#[O+]. The van der Waals surface area contributed by atoms with Crippen molar-refractivity contribution in [2.24, 2.45) is 0 Å². The van der Waals surface area contributed by atoms with E-state index in [9.17, 15) is 0 Å². The molecule has 0 N–H and O–H groups in total. The van der Waals surface area contributed by atoms with Gasteiger partial charge in [0.25, 0.3) is 0 Å². The van der Waals surface area contributed by atoms with Crippen LogP contribution in [0.25, 0.3) is 0 Å². The topological polar surface area (TPSA) is 112 Å². The van der Waals surface area contributed by atoms with E-state index in [4.69, 9.17) is 28.0 Å². The average molecular weight is 531 g/mol. The Bertz CT molecular complexity index is 1100. The van der Waals surface area contributed by atoms with Gasteiger partial charge in [0.1, 0.15) is 0 Å². The van der Waals surface area contributed by atoms with Gasteiger partial charge in [-0.3, -0.25) is 0 Å². The molecule has 0 heterocycles. The predicted molar refractivity (Wildman–Crippen MR) is 128 cm³/mol. The first kappa shape index (κ1) is 37.6. The maximum absolute atomic E-state index is 7.50. The number of nitrogens with zero attached hydrogens (tertiary/aromatic N) is 1. The molecule has 0 aliphatic heterocycles. The summed E-state index contributed by atoms with van der Waals surface area (Å²) >= 11 is 2.83. The second-order valence-electron chi connectivity index (χ2n) is 6.09. The van der Waals surface area contributed by atoms with Gasteiger partial charge < -0.3 is 0 Å². The molecule has 0 amide bonds. The number of rotatable bonds is 6. The summed E-state index contributed by atoms with van der Waals surface area (Å²) in [6.07, 6.45) is 0. The molecule has 3 aromatic carbocycles. The van der Waals surface area contributed by atoms with Crippen LogP contribution in [0.4, 0.5) is 5.69 Å². The number of hydrogen-bond donors (Lipinski definition) is 0. The summed E-state index contributed by atoms with van der Waals surface area (Å²) in [5.41, 5.74) is 4.63. The normalized spacial score (nSPS) is 7.54. The third-order valence-corrected chi connectivity index (χ3v) is 4.58. The number of methoxy groups -OCH3 is 1. The van der Waals surface area contributed by atoms with Crippen molar-refractivity contribution in [2.75, 3.05) is 12.0 Å². The molecule has 8 heteroatoms. The van der Waals surface area contributed by atoms with Crippen molar-refractivity contribution >= 4 is 10.3 Å². The molecular weight excluding hydrogens is 510 g/mol. The molecule has 0 atom stereocenters. The fourth-order valence-electron chi connectivity index (χ4n) is 2.86. The Morgan fingerprint density at radius 3 is 1.46 bits per heavy atom. The van der Waals surface area contributed by atoms with Gasteiger partial charge in [0.05, 0.1) is 0 Å². The molecule has 0 spiro atoms. The Hall–Kier alpha value is -3.92. The number of ether oxygens (including phenoxy) is 1. The van der Waals surface area contributed by atoms with Crippen LogP contribution in [0.5, 0.6) is 0 Å². The Morgan fingerprint density at radius 1 is 0.676 bits per heavy atom. The second kappa shape index (κ2) is 28.3. The Kier molecular flexibility index (Phi) is 28.8. The number of para-hydroxylation sites is 1. The Balaban J connectivity index is -0.00000103. The summed E-state index contributed by atoms with van der Waals surface area (Å²) in [4.78, 5) is 2.36. The molecule has 3 rings (SSSR count). The van der Waals surface area contributed by atoms with Crippen molar-refractivity contribution < 1.29 is 43.8 Å². The molecule has 0 fully saturated rings. The van der Waals surface area contributed by atoms with Crippen molar-refractivity contribution in [3.05, 3.63) is 135 Å². The van der Waals surface area contributed by atoms with Gasteiger partial charge in [0.15, 0.2) is 0 Å². The zero-order valence-corrected chi connectivity index (χ0v) is 21.1. The number of anilines is 1. The Labute approximate surface area is 225 Å². The van der Waals surface area contributed by atoms with Gasteiger partial charge in [0, 0.05) is 0 Å². The first-order valence-corrected chi connectivity index (χ1v) is 10.4. The molecule has 0 aliphatic rings. The van der Waals surface area contributed by atoms with E-state index in [-0.39, 0.29) is 0 Å². The molecule has 184 valence electrons. The van der Waals surface area contributed by atoms with Crippen molar-refractivity contribution in [1.29, 1.82) is 0 Å². The second-order valence-corrected chi connectivity index (χ2v) is 6.66. The van der Waals surface area contributed by atoms with E-state index in [0.29, 0.717) is 4.57 Å². The average Bonchev–Trinajstić information content (AvgIpc) is 3.02. The first-order chi connectivity index (χ1) is 18.3. The molecule has 0 unspecified atom stereocenters. The van der Waals surface area contributed by atoms with E-state index in [1.807, 2.05) is 24.3 Å². The molecular formula is C29H21CrNO6. The minimum atomic E-state index is 0.586. The van der Waals surface area contributed by atoms with Crippen LogP contribution in [0.3, 0.4) is 0 Å². The quantitative estimate of drug-likeness (QED) is 0.267. The Morgan fingerprint density at radius 2 is 1.05 bits per heavy atom. The maximum atomic E-state index is 7.50. The van der Waals surface area contributed by atoms with Gasteiger partial charge in [-0.25, -0.2) is 0 Å². The predicted octanol–water partition coefficient (Wildman–Crippen LogP) is 4.38. The zero-order valence-electron chi connectivity index (χ0n) is 19.8. The van der Waals surface area contributed by atoms with E-state index in [1.54, 1.807) is 7.11 Å². The van der Waals surface area contributed by atoms with Crippen LogP contribution in [0.1, 0.15) is 16.7 Å². The fourth-order valence-corrected chi connectivity index (χ4v) is 2.94. The number of benzene rings is 3. The third kappa shape index (κ3) is 16.4. The molecule has 0 aliphatic carbocycles. The fraction of sp³-hybridized carbons (Fsp3) is 0.103. The molecule has 3 aromatic rings. The van der Waals surface area contributed by atoms with Crippen molar-refractivity contribution in [3.8, 4) is 11.8 Å². The molecule has 0 saturated heterocycles. The van der Waals surface area contributed by atoms with E-state index < -0.39 is 0 Å². The van der Waals surface area contributed by atoms with Gasteiger partial charge in [0.2, 0.25) is 0 Å². The van der Waals surface area contributed by atoms with Gasteiger partial charge >= 0.3 is 226 Å². The van der Waals surface area contributed by atoms with Gasteiger partial charge in [-0.05, 0) is 0 Å². The third-order valence-electron chi connectivity index (χ3n) is 4.16. The van der Waals surface area contributed by atoms with E-state index in [2.05, 4.69) is 127 Å². The molecule has 37 heavy (non-hydrogen) atoms. The van der Waals surface area contributed by atoms with Crippen LogP contribution in [0.15, 0.2) is 84.9 Å². The summed E-state index contributed by atoms with van der Waals surface area (Å²) in [5.74, 6) is 6.26. The minimum absolute atomic E-state index is 0.586. The van der Waals surface area contributed by atoms with Gasteiger partial charge in [-0.2, -0.15) is 0 Å². The van der Waals surface area contributed by atoms with E-state index >= 15 is 0 Å². The summed E-state index contributed by atoms with van der Waals surface area (Å²) in [5, 5.41) is 0. The number of hydrogen-bond acceptors (Lipinski definition) is 2. The van der Waals surface area contributed by atoms with E-state index in [0.717, 1.165) is 24.3 Å². The van der Waals surface area contributed by atoms with Crippen LogP contribution in [0, 0.1) is 45.1 Å². The molecule has 0 aromatic heterocycles. The molecule has 0 radical (unpaired) electrons. The summed E-state index contributed by atoms with van der Waals surface area (Å²) < 4.78 is 43.2. The van der Waals surface area contributed by atoms with Crippen LogP contribution >= 0.6 is 0 Å². The van der Waals surface area contributed by atoms with Crippen LogP contribution in [-0.4, -0.2) is 11.7 Å². The van der Waals surface area contributed by atoms with Crippen molar-refractivity contribution in [1.82, 2.24) is 0 Å². The molecule has 0 saturated carbocycles. The van der Waals surface area contributed by atoms with Crippen LogP contribution in [0.2, 0.25) is 0 Å². The standard InChI is InChI=1S/C24H21NO.5CO.Cr/c1-26-18-10-16-23-15-8-9-17-24(23)25(19-21-11-4-2-5-12-21)20-22-13-6-3-7-14-22;5*1-2;/h2-9,11-15,17H,19-20H2,1H3;;;;;;. The molecule has 0 bridgehead atoms. The van der Waals surface area contributed by atoms with Gasteiger partial charge in [-0.15, -0.1) is 0 Å². The summed E-state index contributed by atoms with van der Waals surface area (Å²) in [6, 6.07) is 29.3. The van der Waals surface area contributed by atoms with Crippen molar-refractivity contribution in [2.45, 2.75) is 13.1 Å². The van der Waals surface area contributed by atoms with E-state index in [1.165, 1.54) is 11.1 Å². The van der Waals surface area contributed by atoms with Crippen molar-refractivity contribution in [3.63, 3.8) is 0 Å². The molecule has 7 nitrogen and oxygen atoms in total. The summed E-state index contributed by atoms with van der Waals surface area (Å²) in [6.45, 7) is 24.1.